The maximum Gasteiger partial charge on any atom is 0.152 e. The third kappa shape index (κ3) is 45.2. The van der Waals surface area contributed by atoms with Gasteiger partial charge in [-0.25, -0.2) is 0 Å². The van der Waals surface area contributed by atoms with Crippen molar-refractivity contribution in [3.8, 4) is 0 Å². The van der Waals surface area contributed by atoms with Crippen LogP contribution < -0.4 is 0 Å². The van der Waals surface area contributed by atoms with Crippen molar-refractivity contribution in [2.24, 2.45) is 0 Å². The average molecular weight is 421 g/mol. The van der Waals surface area contributed by atoms with E-state index in [4.69, 9.17) is 0 Å². The van der Waals surface area contributed by atoms with Crippen molar-refractivity contribution < 1.29 is 14.4 Å². The van der Waals surface area contributed by atoms with E-state index in [0.29, 0.717) is 6.42 Å². The first-order chi connectivity index (χ1) is 14.3. The summed E-state index contributed by atoms with van der Waals surface area (Å²) < 4.78 is 0. The van der Waals surface area contributed by atoms with Gasteiger partial charge in [0.1, 0.15) is 5.78 Å². The fourth-order valence-corrected chi connectivity index (χ4v) is 2.21. The van der Waals surface area contributed by atoms with Gasteiger partial charge in [0.25, 0.3) is 0 Å². The molecule has 0 radical (unpaired) electrons. The molecule has 30 heavy (non-hydrogen) atoms. The van der Waals surface area contributed by atoms with Crippen LogP contribution in [0.1, 0.15) is 119 Å². The van der Waals surface area contributed by atoms with Gasteiger partial charge in [0.15, 0.2) is 11.6 Å². The highest BCUT2D eigenvalue weighted by molar-refractivity contribution is 5.87. The first kappa shape index (κ1) is 32.9. The lowest BCUT2D eigenvalue weighted by Gasteiger charge is -1.89. The van der Waals surface area contributed by atoms with E-state index in [2.05, 4.69) is 32.9 Å². The molecule has 0 aromatic carbocycles. The molecule has 0 saturated heterocycles. The molecule has 0 heterocycles. The summed E-state index contributed by atoms with van der Waals surface area (Å²) in [6, 6.07) is 0. The molecule has 3 heteroatoms. The smallest absolute Gasteiger partial charge is 0.152 e. The molecule has 0 fully saturated rings. The molecule has 0 aliphatic rings. The molecule has 0 atom stereocenters. The fraction of sp³-hybridized carbons (Fsp3) is 0.667. The number of Topliss-reactive ketones (excluding diaryl/α,β-unsaturated/α-hetero) is 1. The summed E-state index contributed by atoms with van der Waals surface area (Å²) in [6.07, 6.45) is 24.9. The van der Waals surface area contributed by atoms with Gasteiger partial charge in [0, 0.05) is 6.42 Å². The lowest BCUT2D eigenvalue weighted by molar-refractivity contribution is -0.117. The molecule has 0 bridgehead atoms. The molecular weight excluding hydrogens is 372 g/mol. The number of carbonyl (C=O) groups excluding carboxylic acids is 3. The minimum Gasteiger partial charge on any atom is -0.300 e. The molecule has 0 saturated carbocycles. The molecule has 0 aliphatic carbocycles. The first-order valence-corrected chi connectivity index (χ1v) is 11.8. The van der Waals surface area contributed by atoms with Crippen molar-refractivity contribution in [2.45, 2.75) is 119 Å². The molecule has 0 aromatic heterocycles. The van der Waals surface area contributed by atoms with Gasteiger partial charge < -0.3 is 4.79 Å². The zero-order valence-electron chi connectivity index (χ0n) is 20.7. The Morgan fingerprint density at radius 2 is 0.967 bits per heavy atom. The predicted octanol–water partition coefficient (Wildman–Crippen LogP) is 8.14. The van der Waals surface area contributed by atoms with Crippen LogP contribution in [-0.4, -0.2) is 17.3 Å². The number of hydrogen-bond donors (Lipinski definition) is 0. The Morgan fingerprint density at radius 1 is 0.533 bits per heavy atom. The zero-order valence-corrected chi connectivity index (χ0v) is 20.7. The molecule has 0 aliphatic heterocycles. The molecule has 0 aromatic rings. The van der Waals surface area contributed by atoms with Gasteiger partial charge in [-0.05, 0) is 71.4 Å². The van der Waals surface area contributed by atoms with E-state index in [1.165, 1.54) is 44.9 Å². The Balaban J connectivity index is -0.000000364. The van der Waals surface area contributed by atoms with E-state index < -0.39 is 0 Å². The van der Waals surface area contributed by atoms with Crippen LogP contribution in [0, 0.1) is 0 Å². The maximum absolute atomic E-state index is 10.4. The minimum atomic E-state index is 0.150. The van der Waals surface area contributed by atoms with Crippen LogP contribution in [0.5, 0.6) is 0 Å². The molecule has 0 unspecified atom stereocenters. The summed E-state index contributed by atoms with van der Waals surface area (Å²) in [5.41, 5.74) is 0. The zero-order chi connectivity index (χ0) is 23.5. The lowest BCUT2D eigenvalue weighted by atomic mass is 10.2. The normalized spacial score (nSPS) is 10.6. The molecule has 3 nitrogen and oxygen atoms in total. The summed E-state index contributed by atoms with van der Waals surface area (Å²) >= 11 is 0. The Kier molecular flexibility index (Phi) is 32.3. The number of rotatable bonds is 15. The number of allylic oxidation sites excluding steroid dienone is 6. The largest absolute Gasteiger partial charge is 0.300 e. The number of carbonyl (C=O) groups is 3. The van der Waals surface area contributed by atoms with E-state index in [9.17, 15) is 14.4 Å². The minimum absolute atomic E-state index is 0.150. The van der Waals surface area contributed by atoms with Crippen LogP contribution in [-0.2, 0) is 14.4 Å². The van der Waals surface area contributed by atoms with Gasteiger partial charge in [-0.1, -0.05) is 77.2 Å². The van der Waals surface area contributed by atoms with E-state index in [0.717, 1.165) is 25.7 Å². The molecule has 0 N–H and O–H groups in total. The predicted molar refractivity (Wildman–Crippen MR) is 132 cm³/mol. The Bertz CT molecular complexity index is 454. The van der Waals surface area contributed by atoms with E-state index >= 15 is 0 Å². The molecular formula is C27H48O3. The van der Waals surface area contributed by atoms with E-state index in [-0.39, 0.29) is 17.3 Å². The molecule has 174 valence electrons. The van der Waals surface area contributed by atoms with Crippen molar-refractivity contribution in [3.63, 3.8) is 0 Å². The van der Waals surface area contributed by atoms with Crippen molar-refractivity contribution in [1.29, 1.82) is 0 Å². The van der Waals surface area contributed by atoms with Crippen LogP contribution >= 0.6 is 0 Å². The highest BCUT2D eigenvalue weighted by Crippen LogP contribution is 2.00. The molecule has 0 rings (SSSR count). The second kappa shape index (κ2) is 29.4. The first-order valence-electron chi connectivity index (χ1n) is 11.8. The highest BCUT2D eigenvalue weighted by Gasteiger charge is 1.87. The van der Waals surface area contributed by atoms with Gasteiger partial charge in [-0.15, -0.1) is 0 Å². The number of unbranched alkanes of at least 4 members (excludes halogenated alkanes) is 7. The van der Waals surface area contributed by atoms with Crippen LogP contribution in [0.4, 0.5) is 0 Å². The van der Waals surface area contributed by atoms with Gasteiger partial charge >= 0.3 is 0 Å². The topological polar surface area (TPSA) is 51.2 Å². The van der Waals surface area contributed by atoms with Crippen LogP contribution in [0.3, 0.4) is 0 Å². The average Bonchev–Trinajstić information content (AvgIpc) is 2.68. The quantitative estimate of drug-likeness (QED) is 0.153. The standard InChI is InChI=1S/3C9H16O/c3*1-3-4-5-6-7-8-9(2)10/h2*7-8H,3-6H2,1-2H3;5-6H,3-4,7-8H2,1-2H3. The Morgan fingerprint density at radius 3 is 1.30 bits per heavy atom. The van der Waals surface area contributed by atoms with E-state index in [1.54, 1.807) is 32.9 Å². The van der Waals surface area contributed by atoms with Crippen molar-refractivity contribution >= 4 is 17.3 Å². The SMILES string of the molecule is CCCC=CCCC(C)=O.CCCCCC=CC(C)=O.CCCCCC=CC(C)=O. The molecule has 0 amide bonds. The number of hydrogen-bond acceptors (Lipinski definition) is 3. The van der Waals surface area contributed by atoms with Crippen LogP contribution in [0.2, 0.25) is 0 Å². The fourth-order valence-electron chi connectivity index (χ4n) is 2.21. The summed E-state index contributed by atoms with van der Waals surface area (Å²) in [6.45, 7) is 11.3. The van der Waals surface area contributed by atoms with Crippen molar-refractivity contribution in [1.82, 2.24) is 0 Å². The van der Waals surface area contributed by atoms with Gasteiger partial charge in [-0.3, -0.25) is 9.59 Å². The molecule has 0 spiro atoms. The van der Waals surface area contributed by atoms with E-state index in [1.807, 2.05) is 12.2 Å². The van der Waals surface area contributed by atoms with Crippen molar-refractivity contribution in [2.75, 3.05) is 0 Å². The monoisotopic (exact) mass is 420 g/mol. The van der Waals surface area contributed by atoms with Gasteiger partial charge in [0.05, 0.1) is 0 Å². The van der Waals surface area contributed by atoms with Gasteiger partial charge in [-0.2, -0.15) is 0 Å². The van der Waals surface area contributed by atoms with Crippen LogP contribution in [0.25, 0.3) is 0 Å². The summed E-state index contributed by atoms with van der Waals surface area (Å²) in [7, 11) is 0. The second-order valence-corrected chi connectivity index (χ2v) is 7.52. The third-order valence-corrected chi connectivity index (χ3v) is 3.94. The van der Waals surface area contributed by atoms with Gasteiger partial charge in [0.2, 0.25) is 0 Å². The lowest BCUT2D eigenvalue weighted by Crippen LogP contribution is -1.85. The summed E-state index contributed by atoms with van der Waals surface area (Å²) in [5, 5.41) is 0. The third-order valence-electron chi connectivity index (χ3n) is 3.94. The Labute approximate surface area is 187 Å². The second-order valence-electron chi connectivity index (χ2n) is 7.52. The summed E-state index contributed by atoms with van der Waals surface area (Å²) in [5.74, 6) is 0.578. The maximum atomic E-state index is 10.4. The Hall–Kier alpha value is -1.77. The number of ketones is 3. The summed E-state index contributed by atoms with van der Waals surface area (Å²) in [4.78, 5) is 31.2. The highest BCUT2D eigenvalue weighted by atomic mass is 16.1. The van der Waals surface area contributed by atoms with Crippen molar-refractivity contribution in [3.05, 3.63) is 36.5 Å². The van der Waals surface area contributed by atoms with Crippen LogP contribution in [0.15, 0.2) is 36.5 Å².